The van der Waals surface area contributed by atoms with E-state index in [2.05, 4.69) is 19.1 Å². The number of aliphatic hydroxyl groups excluding tert-OH is 1. The van der Waals surface area contributed by atoms with Crippen molar-refractivity contribution in [3.63, 3.8) is 0 Å². The Kier molecular flexibility index (Phi) is 1.16. The van der Waals surface area contributed by atoms with Crippen molar-refractivity contribution >= 4 is 0 Å². The normalized spacial score (nSPS) is 61.2. The molecular formula is C11H16O. The van der Waals surface area contributed by atoms with Crippen LogP contribution in [0.4, 0.5) is 0 Å². The molecule has 12 heavy (non-hydrogen) atoms. The van der Waals surface area contributed by atoms with E-state index < -0.39 is 0 Å². The maximum atomic E-state index is 9.89. The molecule has 3 aliphatic rings. The Bertz CT molecular complexity index is 245. The highest BCUT2D eigenvalue weighted by Crippen LogP contribution is 2.63. The van der Waals surface area contributed by atoms with Crippen LogP contribution in [0.2, 0.25) is 0 Å². The monoisotopic (exact) mass is 164 g/mol. The van der Waals surface area contributed by atoms with E-state index in [0.29, 0.717) is 5.92 Å². The smallest absolute Gasteiger partial charge is 0.0602 e. The van der Waals surface area contributed by atoms with Crippen LogP contribution in [0.15, 0.2) is 12.2 Å². The van der Waals surface area contributed by atoms with Gasteiger partial charge in [-0.15, -0.1) is 0 Å². The van der Waals surface area contributed by atoms with Gasteiger partial charge in [-0.05, 0) is 37.0 Å². The first kappa shape index (κ1) is 7.14. The van der Waals surface area contributed by atoms with E-state index in [1.165, 1.54) is 12.8 Å². The Morgan fingerprint density at radius 3 is 3.17 bits per heavy atom. The molecule has 2 fully saturated rings. The fourth-order valence-corrected chi connectivity index (χ4v) is 3.89. The fraction of sp³-hybridized carbons (Fsp3) is 0.818. The molecule has 0 saturated heterocycles. The lowest BCUT2D eigenvalue weighted by Crippen LogP contribution is -2.36. The lowest BCUT2D eigenvalue weighted by atomic mass is 9.71. The SMILES string of the molecule is CC12CC(CC1O)C1CC=CC12. The molecule has 0 amide bonds. The minimum Gasteiger partial charge on any atom is -0.393 e. The van der Waals surface area contributed by atoms with E-state index in [0.717, 1.165) is 18.3 Å². The standard InChI is InChI=1S/C11H16O/c1-11-6-7(5-10(11)12)8-3-2-4-9(8)11/h2,4,7-10,12H,3,5-6H2,1H3. The third-order valence-corrected chi connectivity index (χ3v) is 4.57. The van der Waals surface area contributed by atoms with Crippen LogP contribution < -0.4 is 0 Å². The highest BCUT2D eigenvalue weighted by atomic mass is 16.3. The van der Waals surface area contributed by atoms with Gasteiger partial charge in [0.2, 0.25) is 0 Å². The molecular weight excluding hydrogens is 148 g/mol. The van der Waals surface area contributed by atoms with E-state index in [4.69, 9.17) is 0 Å². The molecule has 1 heteroatoms. The van der Waals surface area contributed by atoms with E-state index in [1.807, 2.05) is 0 Å². The molecule has 1 N–H and O–H groups in total. The van der Waals surface area contributed by atoms with Crippen molar-refractivity contribution < 1.29 is 5.11 Å². The predicted octanol–water partition coefficient (Wildman–Crippen LogP) is 1.97. The van der Waals surface area contributed by atoms with Gasteiger partial charge in [-0.25, -0.2) is 0 Å². The minimum absolute atomic E-state index is 0.0218. The van der Waals surface area contributed by atoms with Crippen molar-refractivity contribution in [2.45, 2.75) is 32.3 Å². The average molecular weight is 164 g/mol. The largest absolute Gasteiger partial charge is 0.393 e. The van der Waals surface area contributed by atoms with Crippen molar-refractivity contribution in [1.29, 1.82) is 0 Å². The minimum atomic E-state index is -0.0218. The van der Waals surface area contributed by atoms with Crippen LogP contribution >= 0.6 is 0 Å². The summed E-state index contributed by atoms with van der Waals surface area (Å²) in [6.45, 7) is 2.28. The highest BCUT2D eigenvalue weighted by Gasteiger charge is 2.59. The van der Waals surface area contributed by atoms with Gasteiger partial charge in [-0.2, -0.15) is 0 Å². The second kappa shape index (κ2) is 1.95. The van der Waals surface area contributed by atoms with E-state index >= 15 is 0 Å². The molecule has 66 valence electrons. The molecule has 0 radical (unpaired) electrons. The molecule has 0 spiro atoms. The first-order chi connectivity index (χ1) is 5.72. The molecule has 0 aromatic heterocycles. The zero-order chi connectivity index (χ0) is 8.34. The van der Waals surface area contributed by atoms with Crippen molar-refractivity contribution in [2.75, 3.05) is 0 Å². The summed E-state index contributed by atoms with van der Waals surface area (Å²) in [7, 11) is 0. The number of aliphatic hydroxyl groups is 1. The van der Waals surface area contributed by atoms with E-state index in [1.54, 1.807) is 0 Å². The molecule has 3 rings (SSSR count). The van der Waals surface area contributed by atoms with Gasteiger partial charge in [0.05, 0.1) is 6.10 Å². The quantitative estimate of drug-likeness (QED) is 0.543. The van der Waals surface area contributed by atoms with E-state index in [9.17, 15) is 5.11 Å². The molecule has 0 aromatic carbocycles. The topological polar surface area (TPSA) is 20.2 Å². The summed E-state index contributed by atoms with van der Waals surface area (Å²) >= 11 is 0. The molecule has 3 aliphatic carbocycles. The van der Waals surface area contributed by atoms with Gasteiger partial charge >= 0.3 is 0 Å². The molecule has 5 unspecified atom stereocenters. The van der Waals surface area contributed by atoms with Gasteiger partial charge in [0.1, 0.15) is 0 Å². The summed E-state index contributed by atoms with van der Waals surface area (Å²) < 4.78 is 0. The molecule has 0 aromatic rings. The second-order valence-corrected chi connectivity index (χ2v) is 5.08. The highest BCUT2D eigenvalue weighted by molar-refractivity contribution is 5.19. The molecule has 5 atom stereocenters. The average Bonchev–Trinajstić information content (AvgIpc) is 2.60. The van der Waals surface area contributed by atoms with Gasteiger partial charge in [-0.3, -0.25) is 0 Å². The number of rotatable bonds is 0. The maximum absolute atomic E-state index is 9.89. The van der Waals surface area contributed by atoms with Gasteiger partial charge in [0.25, 0.3) is 0 Å². The van der Waals surface area contributed by atoms with Crippen LogP contribution in [0.25, 0.3) is 0 Å². The van der Waals surface area contributed by atoms with E-state index in [-0.39, 0.29) is 11.5 Å². The molecule has 0 heterocycles. The zero-order valence-corrected chi connectivity index (χ0v) is 7.53. The third-order valence-electron chi connectivity index (χ3n) is 4.57. The summed E-state index contributed by atoms with van der Waals surface area (Å²) in [4.78, 5) is 0. The zero-order valence-electron chi connectivity index (χ0n) is 7.53. The number of hydrogen-bond acceptors (Lipinski definition) is 1. The Hall–Kier alpha value is -0.300. The van der Waals surface area contributed by atoms with Crippen molar-refractivity contribution in [3.8, 4) is 0 Å². The summed E-state index contributed by atoms with van der Waals surface area (Å²) in [5.41, 5.74) is 0.238. The summed E-state index contributed by atoms with van der Waals surface area (Å²) in [6, 6.07) is 0. The Balaban J connectivity index is 2.02. The number of allylic oxidation sites excluding steroid dienone is 2. The van der Waals surface area contributed by atoms with Crippen LogP contribution in [0.5, 0.6) is 0 Å². The Labute approximate surface area is 73.5 Å². The molecule has 0 aliphatic heterocycles. The van der Waals surface area contributed by atoms with Crippen LogP contribution in [0.3, 0.4) is 0 Å². The van der Waals surface area contributed by atoms with Gasteiger partial charge in [-0.1, -0.05) is 19.1 Å². The molecule has 1 nitrogen and oxygen atoms in total. The second-order valence-electron chi connectivity index (χ2n) is 5.08. The maximum Gasteiger partial charge on any atom is 0.0602 e. The first-order valence-corrected chi connectivity index (χ1v) is 5.06. The Morgan fingerprint density at radius 2 is 2.33 bits per heavy atom. The summed E-state index contributed by atoms with van der Waals surface area (Å²) in [6.07, 6.45) is 8.27. The first-order valence-electron chi connectivity index (χ1n) is 5.06. The lowest BCUT2D eigenvalue weighted by molar-refractivity contribution is 0.0126. The summed E-state index contributed by atoms with van der Waals surface area (Å²) in [5, 5.41) is 9.89. The molecule has 2 bridgehead atoms. The molecule has 2 saturated carbocycles. The van der Waals surface area contributed by atoms with Gasteiger partial charge < -0.3 is 5.11 Å². The van der Waals surface area contributed by atoms with Crippen molar-refractivity contribution in [3.05, 3.63) is 12.2 Å². The van der Waals surface area contributed by atoms with Crippen molar-refractivity contribution in [2.24, 2.45) is 23.2 Å². The number of hydrogen-bond donors (Lipinski definition) is 1. The van der Waals surface area contributed by atoms with Crippen LogP contribution in [0, 0.1) is 23.2 Å². The van der Waals surface area contributed by atoms with Crippen LogP contribution in [-0.4, -0.2) is 11.2 Å². The van der Waals surface area contributed by atoms with Gasteiger partial charge in [0.15, 0.2) is 0 Å². The van der Waals surface area contributed by atoms with Crippen molar-refractivity contribution in [1.82, 2.24) is 0 Å². The lowest BCUT2D eigenvalue weighted by Gasteiger charge is -2.36. The fourth-order valence-electron chi connectivity index (χ4n) is 3.89. The predicted molar refractivity (Wildman–Crippen MR) is 47.6 cm³/mol. The Morgan fingerprint density at radius 1 is 1.50 bits per heavy atom. The third kappa shape index (κ3) is 0.610. The van der Waals surface area contributed by atoms with Gasteiger partial charge in [0, 0.05) is 5.41 Å². The van der Waals surface area contributed by atoms with Crippen LogP contribution in [-0.2, 0) is 0 Å². The summed E-state index contributed by atoms with van der Waals surface area (Å²) in [5.74, 6) is 2.41. The van der Waals surface area contributed by atoms with Crippen LogP contribution in [0.1, 0.15) is 26.2 Å². The number of fused-ring (bicyclic) bond motifs is 5.